The van der Waals surface area contributed by atoms with Crippen LogP contribution in [0.25, 0.3) is 0 Å². The van der Waals surface area contributed by atoms with E-state index >= 15 is 0 Å². The van der Waals surface area contributed by atoms with Gasteiger partial charge in [0.2, 0.25) is 0 Å². The molecule has 2 nitrogen and oxygen atoms in total. The van der Waals surface area contributed by atoms with E-state index in [4.69, 9.17) is 4.74 Å². The van der Waals surface area contributed by atoms with Gasteiger partial charge in [-0.3, -0.25) is 4.79 Å². The Hall–Kier alpha value is -0.460. The maximum Gasteiger partial charge on any atom is 0.319 e. The molecule has 0 N–H and O–H groups in total. The van der Waals surface area contributed by atoms with Crippen molar-refractivity contribution in [1.82, 2.24) is 0 Å². The standard InChI is InChI=1S/C15H26F4O2S/c1-10(2)8-12(13(20)21-9-11(3)4)22-7-5-6-15(18,19)14(16)17/h10-12,14H,5-9H2,1-4H3. The lowest BCUT2D eigenvalue weighted by Crippen LogP contribution is -2.27. The first kappa shape index (κ1) is 21.5. The van der Waals surface area contributed by atoms with Crippen molar-refractivity contribution < 1.29 is 27.1 Å². The zero-order valence-corrected chi connectivity index (χ0v) is 14.4. The lowest BCUT2D eigenvalue weighted by Gasteiger charge is -2.19. The van der Waals surface area contributed by atoms with Crippen LogP contribution in [-0.4, -0.2) is 35.9 Å². The first-order valence-electron chi connectivity index (χ1n) is 7.50. The molecular formula is C15H26F4O2S. The zero-order valence-electron chi connectivity index (χ0n) is 13.6. The Bertz CT molecular complexity index is 323. The van der Waals surface area contributed by atoms with Crippen molar-refractivity contribution >= 4 is 17.7 Å². The Labute approximate surface area is 134 Å². The highest BCUT2D eigenvalue weighted by Gasteiger charge is 2.39. The molecule has 0 aromatic rings. The van der Waals surface area contributed by atoms with E-state index in [1.165, 1.54) is 11.8 Å². The van der Waals surface area contributed by atoms with Crippen molar-refractivity contribution in [2.24, 2.45) is 11.8 Å². The number of esters is 1. The maximum atomic E-state index is 12.8. The van der Waals surface area contributed by atoms with Crippen LogP contribution in [0.2, 0.25) is 0 Å². The third kappa shape index (κ3) is 9.54. The normalized spacial score (nSPS) is 14.0. The summed E-state index contributed by atoms with van der Waals surface area (Å²) < 4.78 is 54.9. The number of hydrogen-bond acceptors (Lipinski definition) is 3. The Morgan fingerprint density at radius 3 is 2.18 bits per heavy atom. The van der Waals surface area contributed by atoms with Gasteiger partial charge in [-0.25, -0.2) is 17.6 Å². The Morgan fingerprint density at radius 1 is 1.14 bits per heavy atom. The van der Waals surface area contributed by atoms with E-state index in [9.17, 15) is 22.4 Å². The lowest BCUT2D eigenvalue weighted by molar-refractivity contribution is -0.144. The largest absolute Gasteiger partial charge is 0.465 e. The summed E-state index contributed by atoms with van der Waals surface area (Å²) >= 11 is 1.21. The minimum Gasteiger partial charge on any atom is -0.465 e. The van der Waals surface area contributed by atoms with Crippen molar-refractivity contribution in [3.8, 4) is 0 Å². The molecule has 0 aliphatic rings. The zero-order chi connectivity index (χ0) is 17.3. The van der Waals surface area contributed by atoms with Crippen molar-refractivity contribution in [3.63, 3.8) is 0 Å². The molecule has 0 aromatic heterocycles. The van der Waals surface area contributed by atoms with Crippen LogP contribution in [-0.2, 0) is 9.53 Å². The fourth-order valence-electron chi connectivity index (χ4n) is 1.64. The van der Waals surface area contributed by atoms with Gasteiger partial charge >= 0.3 is 18.3 Å². The van der Waals surface area contributed by atoms with Crippen LogP contribution in [0.3, 0.4) is 0 Å². The van der Waals surface area contributed by atoms with Gasteiger partial charge in [-0.05, 0) is 30.4 Å². The highest BCUT2D eigenvalue weighted by molar-refractivity contribution is 8.00. The fraction of sp³-hybridized carbons (Fsp3) is 0.933. The smallest absolute Gasteiger partial charge is 0.319 e. The highest BCUT2D eigenvalue weighted by atomic mass is 32.2. The SMILES string of the molecule is CC(C)COC(=O)C(CC(C)C)SCCCC(F)(F)C(F)F. The molecule has 0 aliphatic heterocycles. The molecule has 0 fully saturated rings. The van der Waals surface area contributed by atoms with Gasteiger partial charge in [0.1, 0.15) is 5.25 Å². The van der Waals surface area contributed by atoms with E-state index in [-0.39, 0.29) is 30.0 Å². The maximum absolute atomic E-state index is 12.8. The molecule has 7 heteroatoms. The van der Waals surface area contributed by atoms with Crippen LogP contribution in [0, 0.1) is 11.8 Å². The third-order valence-electron chi connectivity index (χ3n) is 2.80. The van der Waals surface area contributed by atoms with Gasteiger partial charge in [0, 0.05) is 6.42 Å². The molecule has 0 amide bonds. The van der Waals surface area contributed by atoms with Crippen LogP contribution in [0.5, 0.6) is 0 Å². The number of rotatable bonds is 11. The predicted molar refractivity (Wildman–Crippen MR) is 81.7 cm³/mol. The summed E-state index contributed by atoms with van der Waals surface area (Å²) in [7, 11) is 0. The summed E-state index contributed by atoms with van der Waals surface area (Å²) in [5, 5.41) is -0.432. The Morgan fingerprint density at radius 2 is 1.73 bits per heavy atom. The van der Waals surface area contributed by atoms with Crippen LogP contribution in [0.4, 0.5) is 17.6 Å². The second-order valence-electron chi connectivity index (χ2n) is 6.18. The number of halogens is 4. The minimum absolute atomic E-state index is 0.0614. The molecule has 0 aromatic carbocycles. The van der Waals surface area contributed by atoms with Crippen molar-refractivity contribution in [1.29, 1.82) is 0 Å². The highest BCUT2D eigenvalue weighted by Crippen LogP contribution is 2.30. The fourth-order valence-corrected chi connectivity index (χ4v) is 2.97. The summed E-state index contributed by atoms with van der Waals surface area (Å²) in [6.45, 7) is 8.06. The topological polar surface area (TPSA) is 26.3 Å². The molecule has 1 unspecified atom stereocenters. The third-order valence-corrected chi connectivity index (χ3v) is 4.11. The number of hydrogen-bond donors (Lipinski definition) is 0. The first-order chi connectivity index (χ1) is 10.1. The van der Waals surface area contributed by atoms with Gasteiger partial charge in [-0.1, -0.05) is 27.7 Å². The molecule has 0 saturated heterocycles. The van der Waals surface area contributed by atoms with E-state index in [0.717, 1.165) is 0 Å². The molecule has 0 rings (SSSR count). The number of ether oxygens (including phenoxy) is 1. The van der Waals surface area contributed by atoms with E-state index in [1.54, 1.807) is 0 Å². The summed E-state index contributed by atoms with van der Waals surface area (Å²) in [4.78, 5) is 12.0. The molecule has 1 atom stereocenters. The number of thioether (sulfide) groups is 1. The van der Waals surface area contributed by atoms with E-state index in [2.05, 4.69) is 0 Å². The predicted octanol–water partition coefficient (Wildman–Crippen LogP) is 5.01. The molecule has 0 saturated carbocycles. The summed E-state index contributed by atoms with van der Waals surface area (Å²) in [5.41, 5.74) is 0. The molecule has 0 spiro atoms. The van der Waals surface area contributed by atoms with Crippen LogP contribution < -0.4 is 0 Å². The second kappa shape index (κ2) is 10.3. The summed E-state index contributed by atoms with van der Waals surface area (Å²) in [5.74, 6) is -3.60. The van der Waals surface area contributed by atoms with Crippen LogP contribution in [0.1, 0.15) is 47.0 Å². The molecule has 132 valence electrons. The Balaban J connectivity index is 4.28. The quantitative estimate of drug-likeness (QED) is 0.299. The summed E-state index contributed by atoms with van der Waals surface area (Å²) in [6, 6.07) is 0. The molecule has 0 aliphatic carbocycles. The average Bonchev–Trinajstić information content (AvgIpc) is 2.38. The average molecular weight is 346 g/mol. The van der Waals surface area contributed by atoms with Gasteiger partial charge in [0.15, 0.2) is 0 Å². The van der Waals surface area contributed by atoms with Gasteiger partial charge < -0.3 is 4.74 Å². The number of alkyl halides is 4. The number of carbonyl (C=O) groups is 1. The molecule has 0 bridgehead atoms. The van der Waals surface area contributed by atoms with Crippen molar-refractivity contribution in [2.75, 3.05) is 12.4 Å². The van der Waals surface area contributed by atoms with E-state index < -0.39 is 24.0 Å². The molecule has 0 heterocycles. The second-order valence-corrected chi connectivity index (χ2v) is 7.49. The van der Waals surface area contributed by atoms with Crippen molar-refractivity contribution in [2.45, 2.75) is 64.6 Å². The lowest BCUT2D eigenvalue weighted by atomic mass is 10.1. The number of carbonyl (C=O) groups excluding carboxylic acids is 1. The molecule has 0 radical (unpaired) electrons. The first-order valence-corrected chi connectivity index (χ1v) is 8.55. The van der Waals surface area contributed by atoms with Gasteiger partial charge in [0.25, 0.3) is 0 Å². The minimum atomic E-state index is -3.95. The van der Waals surface area contributed by atoms with Gasteiger partial charge in [0.05, 0.1) is 6.61 Å². The van der Waals surface area contributed by atoms with Crippen LogP contribution in [0.15, 0.2) is 0 Å². The molecule has 22 heavy (non-hydrogen) atoms. The molecular weight excluding hydrogens is 320 g/mol. The van der Waals surface area contributed by atoms with Crippen LogP contribution >= 0.6 is 11.8 Å². The van der Waals surface area contributed by atoms with Gasteiger partial charge in [-0.15, -0.1) is 11.8 Å². The van der Waals surface area contributed by atoms with E-state index in [1.807, 2.05) is 27.7 Å². The summed E-state index contributed by atoms with van der Waals surface area (Å²) in [6.07, 6.45) is -3.99. The van der Waals surface area contributed by atoms with Crippen molar-refractivity contribution in [3.05, 3.63) is 0 Å². The Kier molecular flexibility index (Phi) is 10.1. The monoisotopic (exact) mass is 346 g/mol. The van der Waals surface area contributed by atoms with E-state index in [0.29, 0.717) is 13.0 Å². The van der Waals surface area contributed by atoms with Gasteiger partial charge in [-0.2, -0.15) is 0 Å².